The molecule has 116 valence electrons. The summed E-state index contributed by atoms with van der Waals surface area (Å²) < 4.78 is 0. The summed E-state index contributed by atoms with van der Waals surface area (Å²) in [5.74, 6) is -1.38. The maximum absolute atomic E-state index is 11.9. The molecular weight excluding hydrogens is 286 g/mol. The molecule has 2 N–H and O–H groups in total. The molecule has 0 atom stereocenters. The molecule has 0 fully saturated rings. The van der Waals surface area contributed by atoms with Crippen LogP contribution in [-0.4, -0.2) is 47.2 Å². The van der Waals surface area contributed by atoms with E-state index in [9.17, 15) is 14.4 Å². The number of benzene rings is 1. The van der Waals surface area contributed by atoms with Crippen molar-refractivity contribution in [3.63, 3.8) is 0 Å². The van der Waals surface area contributed by atoms with E-state index in [2.05, 4.69) is 10.4 Å². The maximum atomic E-state index is 11.9. The summed E-state index contributed by atoms with van der Waals surface area (Å²) in [6.45, 7) is 0.374. The van der Waals surface area contributed by atoms with Crippen LogP contribution < -0.4 is 5.32 Å². The van der Waals surface area contributed by atoms with Gasteiger partial charge in [0.2, 0.25) is 5.91 Å². The zero-order valence-corrected chi connectivity index (χ0v) is 12.2. The molecule has 1 heterocycles. The van der Waals surface area contributed by atoms with E-state index < -0.39 is 5.97 Å². The normalized spacial score (nSPS) is 14.5. The van der Waals surface area contributed by atoms with Crippen molar-refractivity contribution in [2.75, 3.05) is 13.6 Å². The standard InChI is InChI=1S/C15H17N3O4/c1-18-13(19)6-5-12(17-18)14(20)16-8-7-10-3-2-4-11(9-10)15(21)22/h2-4,9H,5-8H2,1H3,(H,16,20)(H,21,22). The molecule has 0 unspecified atom stereocenters. The highest BCUT2D eigenvalue weighted by Gasteiger charge is 2.21. The molecule has 0 radical (unpaired) electrons. The molecule has 1 aliphatic heterocycles. The lowest BCUT2D eigenvalue weighted by molar-refractivity contribution is -0.130. The van der Waals surface area contributed by atoms with Crippen molar-refractivity contribution in [2.24, 2.45) is 5.10 Å². The lowest BCUT2D eigenvalue weighted by atomic mass is 10.1. The van der Waals surface area contributed by atoms with Crippen molar-refractivity contribution in [1.29, 1.82) is 0 Å². The number of aromatic carboxylic acids is 1. The van der Waals surface area contributed by atoms with Crippen molar-refractivity contribution in [3.05, 3.63) is 35.4 Å². The van der Waals surface area contributed by atoms with Gasteiger partial charge in [-0.05, 0) is 24.1 Å². The Bertz CT molecular complexity index is 639. The number of carbonyl (C=O) groups excluding carboxylic acids is 2. The summed E-state index contributed by atoms with van der Waals surface area (Å²) in [5.41, 5.74) is 1.39. The molecule has 0 saturated heterocycles. The number of hydrazone groups is 1. The molecule has 22 heavy (non-hydrogen) atoms. The van der Waals surface area contributed by atoms with Crippen LogP contribution in [0.2, 0.25) is 0 Å². The lowest BCUT2D eigenvalue weighted by Gasteiger charge is -2.18. The summed E-state index contributed by atoms with van der Waals surface area (Å²) in [5, 5.41) is 16.8. The first-order valence-electron chi connectivity index (χ1n) is 6.92. The smallest absolute Gasteiger partial charge is 0.335 e. The van der Waals surface area contributed by atoms with E-state index in [1.165, 1.54) is 18.1 Å². The fourth-order valence-electron chi connectivity index (χ4n) is 2.12. The van der Waals surface area contributed by atoms with Crippen LogP contribution in [0.5, 0.6) is 0 Å². The molecule has 0 aliphatic carbocycles. The van der Waals surface area contributed by atoms with Gasteiger partial charge in [0, 0.05) is 26.4 Å². The van der Waals surface area contributed by atoms with Gasteiger partial charge in [-0.1, -0.05) is 12.1 Å². The number of hydrogen-bond donors (Lipinski definition) is 2. The summed E-state index contributed by atoms with van der Waals surface area (Å²) in [6.07, 6.45) is 1.14. The van der Waals surface area contributed by atoms with Crippen molar-refractivity contribution in [3.8, 4) is 0 Å². The highest BCUT2D eigenvalue weighted by Crippen LogP contribution is 2.08. The van der Waals surface area contributed by atoms with E-state index in [4.69, 9.17) is 5.11 Å². The van der Waals surface area contributed by atoms with E-state index in [1.54, 1.807) is 12.1 Å². The quantitative estimate of drug-likeness (QED) is 0.834. The highest BCUT2D eigenvalue weighted by molar-refractivity contribution is 6.39. The Kier molecular flexibility index (Phi) is 4.88. The van der Waals surface area contributed by atoms with Crippen molar-refractivity contribution < 1.29 is 19.5 Å². The molecule has 0 saturated carbocycles. The average molecular weight is 303 g/mol. The monoisotopic (exact) mass is 303 g/mol. The maximum Gasteiger partial charge on any atom is 0.335 e. The third-order valence-electron chi connectivity index (χ3n) is 3.34. The van der Waals surface area contributed by atoms with Crippen LogP contribution in [0, 0.1) is 0 Å². The van der Waals surface area contributed by atoms with Crippen LogP contribution in [0.25, 0.3) is 0 Å². The lowest BCUT2D eigenvalue weighted by Crippen LogP contribution is -2.38. The van der Waals surface area contributed by atoms with E-state index >= 15 is 0 Å². The average Bonchev–Trinajstić information content (AvgIpc) is 2.50. The highest BCUT2D eigenvalue weighted by atomic mass is 16.4. The van der Waals surface area contributed by atoms with Gasteiger partial charge in [-0.15, -0.1) is 0 Å². The second kappa shape index (κ2) is 6.84. The van der Waals surface area contributed by atoms with E-state index in [0.29, 0.717) is 25.1 Å². The second-order valence-corrected chi connectivity index (χ2v) is 4.98. The van der Waals surface area contributed by atoms with Crippen LogP contribution in [-0.2, 0) is 16.0 Å². The molecule has 7 nitrogen and oxygen atoms in total. The van der Waals surface area contributed by atoms with Gasteiger partial charge in [0.05, 0.1) is 5.56 Å². The summed E-state index contributed by atoms with van der Waals surface area (Å²) in [4.78, 5) is 34.1. The first kappa shape index (κ1) is 15.7. The molecule has 0 spiro atoms. The first-order valence-corrected chi connectivity index (χ1v) is 6.92. The van der Waals surface area contributed by atoms with E-state index in [0.717, 1.165) is 5.56 Å². The Labute approximate surface area is 127 Å². The molecule has 1 aromatic rings. The summed E-state index contributed by atoms with van der Waals surface area (Å²) in [7, 11) is 1.52. The van der Waals surface area contributed by atoms with Crippen LogP contribution in [0.3, 0.4) is 0 Å². The Morgan fingerprint density at radius 3 is 2.82 bits per heavy atom. The van der Waals surface area contributed by atoms with Crippen molar-refractivity contribution >= 4 is 23.5 Å². The summed E-state index contributed by atoms with van der Waals surface area (Å²) in [6, 6.07) is 6.59. The Morgan fingerprint density at radius 1 is 1.36 bits per heavy atom. The van der Waals surface area contributed by atoms with Gasteiger partial charge < -0.3 is 10.4 Å². The number of rotatable bonds is 5. The predicted octanol–water partition coefficient (Wildman–Crippen LogP) is 0.652. The Morgan fingerprint density at radius 2 is 2.14 bits per heavy atom. The first-order chi connectivity index (χ1) is 10.5. The minimum Gasteiger partial charge on any atom is -0.478 e. The third kappa shape index (κ3) is 3.91. The fourth-order valence-corrected chi connectivity index (χ4v) is 2.12. The van der Waals surface area contributed by atoms with E-state index in [1.807, 2.05) is 6.07 Å². The zero-order chi connectivity index (χ0) is 16.1. The van der Waals surface area contributed by atoms with Gasteiger partial charge in [-0.25, -0.2) is 9.80 Å². The Balaban J connectivity index is 1.87. The van der Waals surface area contributed by atoms with Crippen molar-refractivity contribution in [2.45, 2.75) is 19.3 Å². The molecule has 2 amide bonds. The van der Waals surface area contributed by atoms with Gasteiger partial charge >= 0.3 is 5.97 Å². The Hall–Kier alpha value is -2.70. The molecule has 0 aromatic heterocycles. The number of carbonyl (C=O) groups is 3. The van der Waals surface area contributed by atoms with Crippen LogP contribution in [0.4, 0.5) is 0 Å². The molecular formula is C15H17N3O4. The number of carboxylic acid groups (broad SMARTS) is 1. The molecule has 1 aliphatic rings. The molecule has 1 aromatic carbocycles. The minimum absolute atomic E-state index is 0.109. The minimum atomic E-state index is -0.977. The molecule has 0 bridgehead atoms. The number of carboxylic acids is 1. The SMILES string of the molecule is CN1N=C(C(=O)NCCc2cccc(C(=O)O)c2)CCC1=O. The van der Waals surface area contributed by atoms with Crippen LogP contribution >= 0.6 is 0 Å². The van der Waals surface area contributed by atoms with Gasteiger partial charge in [0.15, 0.2) is 0 Å². The van der Waals surface area contributed by atoms with Crippen molar-refractivity contribution in [1.82, 2.24) is 10.3 Å². The summed E-state index contributed by atoms with van der Waals surface area (Å²) >= 11 is 0. The zero-order valence-electron chi connectivity index (χ0n) is 12.2. The van der Waals surface area contributed by atoms with E-state index in [-0.39, 0.29) is 23.8 Å². The van der Waals surface area contributed by atoms with Crippen LogP contribution in [0.15, 0.2) is 29.4 Å². The number of hydrogen-bond acceptors (Lipinski definition) is 4. The third-order valence-corrected chi connectivity index (χ3v) is 3.34. The number of nitrogens with zero attached hydrogens (tertiary/aromatic N) is 2. The van der Waals surface area contributed by atoms with Gasteiger partial charge in [-0.2, -0.15) is 5.10 Å². The predicted molar refractivity (Wildman–Crippen MR) is 79.6 cm³/mol. The van der Waals surface area contributed by atoms with Gasteiger partial charge in [0.1, 0.15) is 5.71 Å². The fraction of sp³-hybridized carbons (Fsp3) is 0.333. The van der Waals surface area contributed by atoms with Gasteiger partial charge in [0.25, 0.3) is 5.91 Å². The van der Waals surface area contributed by atoms with Crippen LogP contribution in [0.1, 0.15) is 28.8 Å². The number of amides is 2. The van der Waals surface area contributed by atoms with Gasteiger partial charge in [-0.3, -0.25) is 9.59 Å². The number of nitrogens with one attached hydrogen (secondary N) is 1. The second-order valence-electron chi connectivity index (χ2n) is 4.98. The largest absolute Gasteiger partial charge is 0.478 e. The topological polar surface area (TPSA) is 99.1 Å². The molecule has 2 rings (SSSR count). The molecule has 7 heteroatoms.